The minimum atomic E-state index is 0.464. The maximum absolute atomic E-state index is 10.3. The summed E-state index contributed by atoms with van der Waals surface area (Å²) in [5, 5.41) is 0. The van der Waals surface area contributed by atoms with Crippen LogP contribution in [0.5, 0.6) is 0 Å². The van der Waals surface area contributed by atoms with Crippen molar-refractivity contribution in [1.29, 1.82) is 0 Å². The van der Waals surface area contributed by atoms with E-state index in [0.717, 1.165) is 36.1 Å². The highest BCUT2D eigenvalue weighted by atomic mass is 32.1. The number of hydrogen-bond acceptors (Lipinski definition) is 2. The van der Waals surface area contributed by atoms with E-state index < -0.39 is 0 Å². The van der Waals surface area contributed by atoms with Crippen LogP contribution in [0.4, 0.5) is 0 Å². The van der Waals surface area contributed by atoms with Gasteiger partial charge in [0.2, 0.25) is 0 Å². The fourth-order valence-electron chi connectivity index (χ4n) is 1.73. The molecule has 0 fully saturated rings. The van der Waals surface area contributed by atoms with E-state index in [1.165, 1.54) is 5.69 Å². The second kappa shape index (κ2) is 2.86. The maximum Gasteiger partial charge on any atom is 0.177 e. The van der Waals surface area contributed by atoms with Crippen LogP contribution in [-0.4, -0.2) is 15.8 Å². The number of carbonyl (C=O) groups is 1. The van der Waals surface area contributed by atoms with E-state index in [2.05, 4.69) is 9.55 Å². The number of aromatic amines is 1. The average Bonchev–Trinajstić information content (AvgIpc) is 2.58. The van der Waals surface area contributed by atoms with E-state index >= 15 is 0 Å². The Labute approximate surface area is 75.4 Å². The van der Waals surface area contributed by atoms with Crippen LogP contribution in [0.25, 0.3) is 0 Å². The number of H-pyrrole nitrogens is 1. The zero-order valence-corrected chi connectivity index (χ0v) is 7.49. The molecule has 1 aromatic rings. The standard InChI is InChI=1S/C8H10N2OS/c11-5-3-6-7-2-1-4-10(7)8(12)9-6/h5H,1-4H2,(H,9,12). The quantitative estimate of drug-likeness (QED) is 0.552. The Morgan fingerprint density at radius 2 is 2.50 bits per heavy atom. The third-order valence-electron chi connectivity index (χ3n) is 2.26. The zero-order valence-electron chi connectivity index (χ0n) is 6.67. The van der Waals surface area contributed by atoms with Gasteiger partial charge in [0.1, 0.15) is 6.29 Å². The third-order valence-corrected chi connectivity index (χ3v) is 2.58. The molecule has 2 heterocycles. The fourth-order valence-corrected chi connectivity index (χ4v) is 2.06. The molecule has 0 bridgehead atoms. The Kier molecular flexibility index (Phi) is 1.84. The largest absolute Gasteiger partial charge is 0.334 e. The lowest BCUT2D eigenvalue weighted by Crippen LogP contribution is -1.93. The molecule has 0 radical (unpaired) electrons. The molecule has 0 atom stereocenters. The van der Waals surface area contributed by atoms with Crippen molar-refractivity contribution < 1.29 is 4.79 Å². The molecule has 1 aromatic heterocycles. The van der Waals surface area contributed by atoms with Crippen molar-refractivity contribution in [1.82, 2.24) is 9.55 Å². The Hall–Kier alpha value is -0.900. The van der Waals surface area contributed by atoms with Crippen molar-refractivity contribution >= 4 is 18.5 Å². The van der Waals surface area contributed by atoms with E-state index in [4.69, 9.17) is 12.2 Å². The minimum Gasteiger partial charge on any atom is -0.334 e. The number of nitrogens with zero attached hydrogens (tertiary/aromatic N) is 1. The molecule has 1 N–H and O–H groups in total. The summed E-state index contributed by atoms with van der Waals surface area (Å²) in [5.41, 5.74) is 2.24. The molecule has 0 spiro atoms. The first-order chi connectivity index (χ1) is 5.83. The molecule has 0 saturated heterocycles. The number of fused-ring (bicyclic) bond motifs is 1. The van der Waals surface area contributed by atoms with Gasteiger partial charge in [-0.3, -0.25) is 0 Å². The molecule has 12 heavy (non-hydrogen) atoms. The number of aldehydes is 1. The molecule has 0 aliphatic carbocycles. The van der Waals surface area contributed by atoms with Crippen molar-refractivity contribution in [2.45, 2.75) is 25.8 Å². The molecule has 0 saturated carbocycles. The topological polar surface area (TPSA) is 37.8 Å². The summed E-state index contributed by atoms with van der Waals surface area (Å²) >= 11 is 5.11. The lowest BCUT2D eigenvalue weighted by Gasteiger charge is -1.93. The Morgan fingerprint density at radius 1 is 1.67 bits per heavy atom. The second-order valence-corrected chi connectivity index (χ2v) is 3.37. The van der Waals surface area contributed by atoms with E-state index in [9.17, 15) is 4.79 Å². The summed E-state index contributed by atoms with van der Waals surface area (Å²) in [6.45, 7) is 1.00. The molecule has 1 aliphatic rings. The van der Waals surface area contributed by atoms with E-state index in [1.807, 2.05) is 0 Å². The van der Waals surface area contributed by atoms with Gasteiger partial charge in [0.05, 0.1) is 0 Å². The van der Waals surface area contributed by atoms with Crippen molar-refractivity contribution in [3.63, 3.8) is 0 Å². The average molecular weight is 182 g/mol. The first-order valence-electron chi connectivity index (χ1n) is 4.07. The lowest BCUT2D eigenvalue weighted by molar-refractivity contribution is -0.107. The fraction of sp³-hybridized carbons (Fsp3) is 0.500. The van der Waals surface area contributed by atoms with Gasteiger partial charge in [-0.15, -0.1) is 0 Å². The SMILES string of the molecule is O=CCc1[nH]c(=S)n2c1CCC2. The van der Waals surface area contributed by atoms with Gasteiger partial charge in [0, 0.05) is 24.4 Å². The molecule has 64 valence electrons. The molecule has 1 aliphatic heterocycles. The summed E-state index contributed by atoms with van der Waals surface area (Å²) in [4.78, 5) is 13.4. The maximum atomic E-state index is 10.3. The summed E-state index contributed by atoms with van der Waals surface area (Å²) in [7, 11) is 0. The van der Waals surface area contributed by atoms with Crippen molar-refractivity contribution in [2.75, 3.05) is 0 Å². The molecule has 0 unspecified atom stereocenters. The summed E-state index contributed by atoms with van der Waals surface area (Å²) in [6, 6.07) is 0. The van der Waals surface area contributed by atoms with Gasteiger partial charge in [0.25, 0.3) is 0 Å². The van der Waals surface area contributed by atoms with Crippen LogP contribution in [0, 0.1) is 4.77 Å². The highest BCUT2D eigenvalue weighted by Gasteiger charge is 2.16. The number of rotatable bonds is 2. The van der Waals surface area contributed by atoms with Crippen LogP contribution in [-0.2, 0) is 24.2 Å². The first kappa shape index (κ1) is 7.73. The molecule has 0 amide bonds. The highest BCUT2D eigenvalue weighted by molar-refractivity contribution is 7.71. The van der Waals surface area contributed by atoms with Crippen LogP contribution in [0.1, 0.15) is 17.8 Å². The van der Waals surface area contributed by atoms with Crippen molar-refractivity contribution in [3.8, 4) is 0 Å². The summed E-state index contributed by atoms with van der Waals surface area (Å²) in [5.74, 6) is 0. The minimum absolute atomic E-state index is 0.464. The van der Waals surface area contributed by atoms with Gasteiger partial charge in [-0.1, -0.05) is 0 Å². The van der Waals surface area contributed by atoms with E-state index in [1.54, 1.807) is 0 Å². The smallest absolute Gasteiger partial charge is 0.177 e. The number of hydrogen-bond donors (Lipinski definition) is 1. The number of nitrogens with one attached hydrogen (secondary N) is 1. The predicted octanol–water partition coefficient (Wildman–Crippen LogP) is 1.23. The monoisotopic (exact) mass is 182 g/mol. The van der Waals surface area contributed by atoms with Gasteiger partial charge < -0.3 is 14.3 Å². The van der Waals surface area contributed by atoms with Crippen LogP contribution >= 0.6 is 12.2 Å². The molecule has 4 heteroatoms. The molecule has 3 nitrogen and oxygen atoms in total. The van der Waals surface area contributed by atoms with Crippen molar-refractivity contribution in [2.24, 2.45) is 0 Å². The Bertz CT molecular complexity index is 364. The zero-order chi connectivity index (χ0) is 8.55. The molecular formula is C8H10N2OS. The van der Waals surface area contributed by atoms with Gasteiger partial charge >= 0.3 is 0 Å². The molecular weight excluding hydrogens is 172 g/mol. The molecule has 0 aromatic carbocycles. The lowest BCUT2D eigenvalue weighted by atomic mass is 10.2. The number of imidazole rings is 1. The predicted molar refractivity (Wildman–Crippen MR) is 47.7 cm³/mol. The van der Waals surface area contributed by atoms with Crippen LogP contribution in [0.3, 0.4) is 0 Å². The van der Waals surface area contributed by atoms with Crippen LogP contribution in [0.2, 0.25) is 0 Å². The van der Waals surface area contributed by atoms with E-state index in [0.29, 0.717) is 6.42 Å². The normalized spacial score (nSPS) is 14.7. The van der Waals surface area contributed by atoms with Crippen molar-refractivity contribution in [3.05, 3.63) is 16.2 Å². The van der Waals surface area contributed by atoms with Crippen LogP contribution in [0.15, 0.2) is 0 Å². The first-order valence-corrected chi connectivity index (χ1v) is 4.48. The van der Waals surface area contributed by atoms with Crippen LogP contribution < -0.4 is 0 Å². The van der Waals surface area contributed by atoms with Gasteiger partial charge in [-0.25, -0.2) is 0 Å². The second-order valence-electron chi connectivity index (χ2n) is 2.98. The summed E-state index contributed by atoms with van der Waals surface area (Å²) in [6.07, 6.45) is 3.58. The molecule has 2 rings (SSSR count). The Balaban J connectivity index is 2.50. The highest BCUT2D eigenvalue weighted by Crippen LogP contribution is 2.18. The van der Waals surface area contributed by atoms with Gasteiger partial charge in [0.15, 0.2) is 4.77 Å². The van der Waals surface area contributed by atoms with Gasteiger partial charge in [-0.05, 0) is 25.1 Å². The number of aromatic nitrogens is 2. The Morgan fingerprint density at radius 3 is 3.25 bits per heavy atom. The van der Waals surface area contributed by atoms with Gasteiger partial charge in [-0.2, -0.15) is 0 Å². The van der Waals surface area contributed by atoms with E-state index in [-0.39, 0.29) is 0 Å². The summed E-state index contributed by atoms with van der Waals surface area (Å²) < 4.78 is 2.85. The third kappa shape index (κ3) is 1.03. The number of carbonyl (C=O) groups excluding carboxylic acids is 1.